The van der Waals surface area contributed by atoms with Crippen LogP contribution in [0.4, 0.5) is 0 Å². The fraction of sp³-hybridized carbons (Fsp3) is 0.235. The quantitative estimate of drug-likeness (QED) is 0.150. The summed E-state index contributed by atoms with van der Waals surface area (Å²) < 4.78 is 67.1. The summed E-state index contributed by atoms with van der Waals surface area (Å²) in [5, 5.41) is 1.47. The van der Waals surface area contributed by atoms with E-state index in [4.69, 9.17) is 19.0 Å². The summed E-state index contributed by atoms with van der Waals surface area (Å²) in [6.45, 7) is 9.94. The van der Waals surface area contributed by atoms with Gasteiger partial charge in [-0.2, -0.15) is 0 Å². The fourth-order valence-corrected chi connectivity index (χ4v) is 6.63. The van der Waals surface area contributed by atoms with Crippen molar-refractivity contribution in [3.63, 3.8) is 0 Å². The molecule has 5 heteroatoms. The van der Waals surface area contributed by atoms with E-state index in [9.17, 15) is 0 Å². The minimum Gasteiger partial charge on any atom is -0.486 e. The van der Waals surface area contributed by atoms with Gasteiger partial charge >= 0.3 is 0 Å². The Morgan fingerprint density at radius 2 is 1.46 bits per heavy atom. The number of hydrogen-bond donors (Lipinski definition) is 0. The van der Waals surface area contributed by atoms with E-state index in [1.165, 1.54) is 12.3 Å². The number of nitrogens with zero attached hydrogens (tertiary/aromatic N) is 3. The maximum absolute atomic E-state index is 9.16. The smallest absolute Gasteiger partial charge is 0.216 e. The molecule has 0 spiro atoms. The van der Waals surface area contributed by atoms with Gasteiger partial charge in [-0.05, 0) is 87.8 Å². The Morgan fingerprint density at radius 1 is 0.732 bits per heavy atom. The van der Waals surface area contributed by atoms with Gasteiger partial charge in [0, 0.05) is 53.0 Å². The van der Waals surface area contributed by atoms with Gasteiger partial charge in [-0.1, -0.05) is 126 Å². The molecule has 4 heterocycles. The SMILES string of the molecule is [2H]C([2H])([2H])c1cc(-c2[c-]ccc3c2oc2nc(-c4c(C([2H])(C)C)cc(-c5ccccc5)cc4C([2H])(C)C)ccc23)ncc1C([2H])([2H])C(C)(C)C.[Ir].[c-]1ccccc1-c1ccccn1. The molecule has 0 fully saturated rings. The topological polar surface area (TPSA) is 51.8 Å². The second kappa shape index (κ2) is 17.3. The van der Waals surface area contributed by atoms with Crippen LogP contribution in [-0.4, -0.2) is 15.0 Å². The number of benzene rings is 4. The molecule has 56 heavy (non-hydrogen) atoms. The molecule has 4 aromatic heterocycles. The van der Waals surface area contributed by atoms with Gasteiger partial charge < -0.3 is 14.4 Å². The molecule has 0 aliphatic carbocycles. The van der Waals surface area contributed by atoms with E-state index in [1.54, 1.807) is 33.0 Å². The summed E-state index contributed by atoms with van der Waals surface area (Å²) in [5.41, 5.74) is 7.22. The molecule has 0 saturated heterocycles. The van der Waals surface area contributed by atoms with E-state index in [1.807, 2.05) is 131 Å². The number of aryl methyl sites for hydroxylation is 1. The predicted molar refractivity (Wildman–Crippen MR) is 229 cm³/mol. The third-order valence-electron chi connectivity index (χ3n) is 9.20. The number of pyridine rings is 3. The summed E-state index contributed by atoms with van der Waals surface area (Å²) in [6.07, 6.45) is 1.15. The summed E-state index contributed by atoms with van der Waals surface area (Å²) >= 11 is 0. The van der Waals surface area contributed by atoms with Crippen molar-refractivity contribution >= 4 is 22.1 Å². The molecule has 0 aliphatic rings. The van der Waals surface area contributed by atoms with Gasteiger partial charge in [-0.25, -0.2) is 4.98 Å². The second-order valence-corrected chi connectivity index (χ2v) is 15.0. The summed E-state index contributed by atoms with van der Waals surface area (Å²) in [4.78, 5) is 13.8. The van der Waals surface area contributed by atoms with E-state index < -0.39 is 30.4 Å². The van der Waals surface area contributed by atoms with Gasteiger partial charge in [0.05, 0.1) is 11.3 Å². The molecule has 0 aliphatic heterocycles. The molecular formula is C51H49IrN3O-2. The van der Waals surface area contributed by atoms with Crippen molar-refractivity contribution in [2.75, 3.05) is 0 Å². The van der Waals surface area contributed by atoms with E-state index >= 15 is 0 Å². The van der Waals surface area contributed by atoms with Crippen LogP contribution >= 0.6 is 0 Å². The van der Waals surface area contributed by atoms with Crippen LogP contribution in [0.25, 0.3) is 67.0 Å². The Morgan fingerprint density at radius 3 is 2.11 bits per heavy atom. The molecule has 0 unspecified atom stereocenters. The average Bonchev–Trinajstić information content (AvgIpc) is 3.61. The Bertz CT molecular complexity index is 2790. The van der Waals surface area contributed by atoms with Crippen molar-refractivity contribution in [1.82, 2.24) is 15.0 Å². The average molecular weight is 919 g/mol. The Kier molecular flexibility index (Phi) is 9.85. The van der Waals surface area contributed by atoms with Crippen LogP contribution < -0.4 is 0 Å². The molecule has 1 radical (unpaired) electrons. The van der Waals surface area contributed by atoms with E-state index in [0.29, 0.717) is 33.8 Å². The molecule has 0 N–H and O–H groups in total. The first kappa shape index (κ1) is 31.9. The predicted octanol–water partition coefficient (Wildman–Crippen LogP) is 13.9. The first-order valence-corrected chi connectivity index (χ1v) is 18.4. The zero-order chi connectivity index (χ0) is 44.8. The molecule has 8 aromatic rings. The van der Waals surface area contributed by atoms with Crippen LogP contribution in [0.3, 0.4) is 0 Å². The van der Waals surface area contributed by atoms with E-state index in [2.05, 4.69) is 22.1 Å². The van der Waals surface area contributed by atoms with Crippen LogP contribution in [0.15, 0.2) is 132 Å². The number of fused-ring (bicyclic) bond motifs is 3. The standard InChI is InChI=1S/C40H41N2O.C11H8N.Ir/c1-24(2)33-20-28(27-13-10-9-11-14-27)21-34(25(3)4)37(33)35-18-17-31-30-15-12-16-32(38(30)43-39(31)42-35)36-19-26(5)29(23-41-36)22-40(6,7)8;1-2-6-10(7-3-1)11-8-4-5-9-12-11;/h9-15,17-21,23-25H,22H2,1-8H3;1-6,8-9H;/q2*-1;/i5D3,22D2,24D,25D;;. The Hall–Kier alpha value is -5.22. The minimum absolute atomic E-state index is 0. The number of rotatable bonds is 7. The van der Waals surface area contributed by atoms with E-state index in [-0.39, 0.29) is 31.2 Å². The minimum atomic E-state index is -2.59. The summed E-state index contributed by atoms with van der Waals surface area (Å²) in [5.74, 6) is -2.04. The fourth-order valence-electron chi connectivity index (χ4n) is 6.63. The van der Waals surface area contributed by atoms with Crippen molar-refractivity contribution in [2.45, 2.75) is 73.5 Å². The van der Waals surface area contributed by atoms with Gasteiger partial charge in [0.25, 0.3) is 0 Å². The Balaban J connectivity index is 0.000000436. The van der Waals surface area contributed by atoms with Gasteiger partial charge in [0.2, 0.25) is 5.71 Å². The maximum Gasteiger partial charge on any atom is 0.216 e. The van der Waals surface area contributed by atoms with Gasteiger partial charge in [0.1, 0.15) is 0 Å². The van der Waals surface area contributed by atoms with Gasteiger partial charge in [0.15, 0.2) is 0 Å². The van der Waals surface area contributed by atoms with Crippen LogP contribution in [0, 0.1) is 24.4 Å². The van der Waals surface area contributed by atoms with Crippen molar-refractivity contribution < 1.29 is 34.1 Å². The number of aromatic nitrogens is 3. The van der Waals surface area contributed by atoms with E-state index in [0.717, 1.165) is 44.3 Å². The van der Waals surface area contributed by atoms with Crippen molar-refractivity contribution in [3.8, 4) is 44.9 Å². The Labute approximate surface area is 355 Å². The third-order valence-corrected chi connectivity index (χ3v) is 9.20. The zero-order valence-corrected chi connectivity index (χ0v) is 35.1. The first-order valence-electron chi connectivity index (χ1n) is 21.9. The molecule has 4 aromatic carbocycles. The molecule has 0 atom stereocenters. The zero-order valence-electron chi connectivity index (χ0n) is 39.7. The summed E-state index contributed by atoms with van der Waals surface area (Å²) in [6, 6.07) is 42.8. The van der Waals surface area contributed by atoms with Crippen molar-refractivity contribution in [2.24, 2.45) is 5.41 Å². The molecule has 285 valence electrons. The van der Waals surface area contributed by atoms with Crippen molar-refractivity contribution in [1.29, 1.82) is 0 Å². The van der Waals surface area contributed by atoms with Crippen LogP contribution in [0.5, 0.6) is 0 Å². The number of furan rings is 1. The van der Waals surface area contributed by atoms with Gasteiger partial charge in [-0.3, -0.25) is 0 Å². The van der Waals surface area contributed by atoms with Crippen LogP contribution in [0.1, 0.15) is 92.1 Å². The molecule has 0 amide bonds. The number of hydrogen-bond acceptors (Lipinski definition) is 4. The van der Waals surface area contributed by atoms with Gasteiger partial charge in [-0.15, -0.1) is 54.1 Å². The molecule has 4 nitrogen and oxygen atoms in total. The normalized spacial score (nSPS) is 14.2. The maximum atomic E-state index is 9.16. The molecular weight excluding hydrogens is 863 g/mol. The molecule has 8 rings (SSSR count). The largest absolute Gasteiger partial charge is 0.486 e. The van der Waals surface area contributed by atoms with Crippen LogP contribution in [0.2, 0.25) is 0 Å². The first-order chi connectivity index (χ1) is 29.1. The summed E-state index contributed by atoms with van der Waals surface area (Å²) in [7, 11) is 0. The molecule has 0 saturated carbocycles. The monoisotopic (exact) mass is 919 g/mol. The molecule has 0 bridgehead atoms. The second-order valence-electron chi connectivity index (χ2n) is 15.0. The van der Waals surface area contributed by atoms with Crippen LogP contribution in [-0.2, 0) is 26.5 Å². The third kappa shape index (κ3) is 8.91. The van der Waals surface area contributed by atoms with Crippen molar-refractivity contribution in [3.05, 3.63) is 162 Å².